The van der Waals surface area contributed by atoms with Crippen molar-refractivity contribution in [2.24, 2.45) is 5.73 Å². The van der Waals surface area contributed by atoms with E-state index in [-0.39, 0.29) is 5.96 Å². The monoisotopic (exact) mass is 275 g/mol. The molecule has 0 bridgehead atoms. The average Bonchev–Trinajstić information content (AvgIpc) is 2.18. The number of nitrogens with one attached hydrogen (secondary N) is 1. The summed E-state index contributed by atoms with van der Waals surface area (Å²) in [5.41, 5.74) is 7.78. The summed E-state index contributed by atoms with van der Waals surface area (Å²) in [7, 11) is -2.85. The van der Waals surface area contributed by atoms with Crippen LogP contribution in [-0.2, 0) is 16.9 Å². The van der Waals surface area contributed by atoms with Crippen LogP contribution in [-0.4, -0.2) is 35.4 Å². The quantitative estimate of drug-likeness (QED) is 0.357. The van der Waals surface area contributed by atoms with Gasteiger partial charge in [0.15, 0.2) is 5.96 Å². The summed E-state index contributed by atoms with van der Waals surface area (Å²) in [5, 5.41) is 7.22. The van der Waals surface area contributed by atoms with Crippen molar-refractivity contribution >= 4 is 16.4 Å². The first-order valence-corrected chi connectivity index (χ1v) is 6.30. The Morgan fingerprint density at radius 3 is 2.22 bits per heavy atom. The molecular formula is C10H17N3O4S. The highest BCUT2D eigenvalue weighted by Crippen LogP contribution is 2.08. The molecule has 0 spiro atoms. The molecule has 0 amide bonds. The minimum atomic E-state index is -4.67. The lowest BCUT2D eigenvalue weighted by Crippen LogP contribution is -2.32. The molecule has 1 aromatic carbocycles. The molecule has 0 aromatic heterocycles. The molecule has 0 fully saturated rings. The lowest BCUT2D eigenvalue weighted by atomic mass is 10.1. The van der Waals surface area contributed by atoms with Crippen molar-refractivity contribution in [3.63, 3.8) is 0 Å². The lowest BCUT2D eigenvalue weighted by molar-refractivity contribution is 0.381. The number of nitrogens with zero attached hydrogens (tertiary/aromatic N) is 1. The summed E-state index contributed by atoms with van der Waals surface area (Å²) in [5.74, 6) is 0.100. The highest BCUT2D eigenvalue weighted by molar-refractivity contribution is 7.79. The zero-order valence-corrected chi connectivity index (χ0v) is 11.0. The maximum Gasteiger partial charge on any atom is 0.394 e. The van der Waals surface area contributed by atoms with E-state index in [0.717, 1.165) is 0 Å². The van der Waals surface area contributed by atoms with Gasteiger partial charge >= 0.3 is 10.4 Å². The van der Waals surface area contributed by atoms with Crippen LogP contribution in [0.3, 0.4) is 0 Å². The predicted octanol–water partition coefficient (Wildman–Crippen LogP) is 0.667. The fourth-order valence-electron chi connectivity index (χ4n) is 1.13. The maximum atomic E-state index is 8.74. The topological polar surface area (TPSA) is 128 Å². The van der Waals surface area contributed by atoms with E-state index in [1.54, 1.807) is 4.90 Å². The first kappa shape index (κ1) is 16.4. The maximum absolute atomic E-state index is 8.74. The van der Waals surface area contributed by atoms with Crippen LogP contribution < -0.4 is 5.73 Å². The second kappa shape index (κ2) is 6.94. The summed E-state index contributed by atoms with van der Waals surface area (Å²) in [6, 6.07) is 8.11. The average molecular weight is 275 g/mol. The summed E-state index contributed by atoms with van der Waals surface area (Å²) in [6.07, 6.45) is 0. The fourth-order valence-corrected chi connectivity index (χ4v) is 1.13. The van der Waals surface area contributed by atoms with Crippen LogP contribution in [0.4, 0.5) is 0 Å². The molecule has 1 aromatic rings. The fraction of sp³-hybridized carbons (Fsp3) is 0.300. The van der Waals surface area contributed by atoms with Gasteiger partial charge in [0.05, 0.1) is 0 Å². The molecular weight excluding hydrogens is 258 g/mol. The standard InChI is InChI=1S/C10H15N3.H2O4S/c1-8-5-3-4-6-9(8)7-13(2)10(11)12;1-5(2,3)4/h3-6H,7H2,1-2H3,(H3,11,12);(H2,1,2,3,4). The summed E-state index contributed by atoms with van der Waals surface area (Å²) < 4.78 is 31.6. The van der Waals surface area contributed by atoms with Crippen LogP contribution >= 0.6 is 0 Å². The number of aryl methyl sites for hydroxylation is 1. The van der Waals surface area contributed by atoms with E-state index in [9.17, 15) is 0 Å². The Labute approximate surface area is 106 Å². The van der Waals surface area contributed by atoms with Gasteiger partial charge in [0.25, 0.3) is 0 Å². The Morgan fingerprint density at radius 1 is 1.39 bits per heavy atom. The van der Waals surface area contributed by atoms with Crippen molar-refractivity contribution in [3.05, 3.63) is 35.4 Å². The van der Waals surface area contributed by atoms with Gasteiger partial charge in [-0.3, -0.25) is 14.5 Å². The molecule has 0 heterocycles. The van der Waals surface area contributed by atoms with Crippen molar-refractivity contribution < 1.29 is 17.5 Å². The minimum Gasteiger partial charge on any atom is -0.370 e. The lowest BCUT2D eigenvalue weighted by Gasteiger charge is -2.17. The van der Waals surface area contributed by atoms with Crippen LogP contribution in [0.1, 0.15) is 11.1 Å². The van der Waals surface area contributed by atoms with Gasteiger partial charge in [-0.25, -0.2) is 0 Å². The third-order valence-electron chi connectivity index (χ3n) is 2.08. The number of guanidine groups is 1. The molecule has 0 saturated carbocycles. The van der Waals surface area contributed by atoms with Crippen LogP contribution in [0.25, 0.3) is 0 Å². The molecule has 18 heavy (non-hydrogen) atoms. The van der Waals surface area contributed by atoms with E-state index in [0.29, 0.717) is 6.54 Å². The van der Waals surface area contributed by atoms with E-state index < -0.39 is 10.4 Å². The van der Waals surface area contributed by atoms with Crippen molar-refractivity contribution in [3.8, 4) is 0 Å². The zero-order valence-electron chi connectivity index (χ0n) is 10.2. The van der Waals surface area contributed by atoms with Gasteiger partial charge in [0, 0.05) is 13.6 Å². The Hall–Kier alpha value is -1.64. The van der Waals surface area contributed by atoms with Crippen molar-refractivity contribution in [1.29, 1.82) is 5.41 Å². The first-order chi connectivity index (χ1) is 8.11. The SMILES string of the molecule is Cc1ccccc1CN(C)C(=N)N.O=S(=O)(O)O. The van der Waals surface area contributed by atoms with Crippen LogP contribution in [0.2, 0.25) is 0 Å². The van der Waals surface area contributed by atoms with Gasteiger partial charge < -0.3 is 10.6 Å². The molecule has 5 N–H and O–H groups in total. The van der Waals surface area contributed by atoms with E-state index in [1.165, 1.54) is 11.1 Å². The third kappa shape index (κ3) is 8.50. The van der Waals surface area contributed by atoms with E-state index >= 15 is 0 Å². The molecule has 0 aliphatic heterocycles. The molecule has 0 unspecified atom stereocenters. The normalized spacial score (nSPS) is 10.2. The second-order valence-electron chi connectivity index (χ2n) is 3.62. The second-order valence-corrected chi connectivity index (χ2v) is 4.51. The molecule has 0 aliphatic rings. The summed E-state index contributed by atoms with van der Waals surface area (Å²) >= 11 is 0. The summed E-state index contributed by atoms with van der Waals surface area (Å²) in [6.45, 7) is 2.76. The Bertz CT molecular complexity index is 494. The third-order valence-corrected chi connectivity index (χ3v) is 2.08. The number of hydrogen-bond acceptors (Lipinski definition) is 3. The van der Waals surface area contributed by atoms with E-state index in [4.69, 9.17) is 28.7 Å². The van der Waals surface area contributed by atoms with Crippen LogP contribution in [0.15, 0.2) is 24.3 Å². The van der Waals surface area contributed by atoms with Crippen molar-refractivity contribution in [2.75, 3.05) is 7.05 Å². The minimum absolute atomic E-state index is 0.100. The van der Waals surface area contributed by atoms with Gasteiger partial charge in [0.1, 0.15) is 0 Å². The molecule has 0 saturated heterocycles. The van der Waals surface area contributed by atoms with Gasteiger partial charge in [-0.1, -0.05) is 24.3 Å². The van der Waals surface area contributed by atoms with Gasteiger partial charge in [0.2, 0.25) is 0 Å². The molecule has 0 atom stereocenters. The Morgan fingerprint density at radius 2 is 1.83 bits per heavy atom. The number of benzene rings is 1. The van der Waals surface area contributed by atoms with E-state index in [1.807, 2.05) is 19.2 Å². The van der Waals surface area contributed by atoms with Crippen molar-refractivity contribution in [1.82, 2.24) is 4.90 Å². The number of hydrogen-bond donors (Lipinski definition) is 4. The Balaban J connectivity index is 0.000000494. The highest BCUT2D eigenvalue weighted by Gasteiger charge is 2.02. The zero-order chi connectivity index (χ0) is 14.3. The molecule has 0 radical (unpaired) electrons. The van der Waals surface area contributed by atoms with Gasteiger partial charge in [-0.15, -0.1) is 0 Å². The van der Waals surface area contributed by atoms with Gasteiger partial charge in [-0.05, 0) is 18.1 Å². The number of rotatable bonds is 2. The first-order valence-electron chi connectivity index (χ1n) is 4.91. The largest absolute Gasteiger partial charge is 0.394 e. The van der Waals surface area contributed by atoms with Crippen molar-refractivity contribution in [2.45, 2.75) is 13.5 Å². The number of nitrogens with two attached hydrogens (primary N) is 1. The molecule has 0 aliphatic carbocycles. The molecule has 8 heteroatoms. The summed E-state index contributed by atoms with van der Waals surface area (Å²) in [4.78, 5) is 1.71. The smallest absolute Gasteiger partial charge is 0.370 e. The molecule has 1 rings (SSSR count). The van der Waals surface area contributed by atoms with Crippen LogP contribution in [0, 0.1) is 12.3 Å². The molecule has 7 nitrogen and oxygen atoms in total. The van der Waals surface area contributed by atoms with Gasteiger partial charge in [-0.2, -0.15) is 8.42 Å². The molecule has 102 valence electrons. The highest BCUT2D eigenvalue weighted by atomic mass is 32.3. The van der Waals surface area contributed by atoms with Crippen LogP contribution in [0.5, 0.6) is 0 Å². The Kier molecular flexibility index (Phi) is 6.31. The predicted molar refractivity (Wildman–Crippen MR) is 68.7 cm³/mol. The van der Waals surface area contributed by atoms with E-state index in [2.05, 4.69) is 19.1 Å².